The molecule has 0 bridgehead atoms. The minimum Gasteiger partial charge on any atom is -0.496 e. The lowest BCUT2D eigenvalue weighted by Gasteiger charge is -2.12. The Labute approximate surface area is 118 Å². The molecule has 0 amide bonds. The summed E-state index contributed by atoms with van der Waals surface area (Å²) in [4.78, 5) is 10.2. The van der Waals surface area contributed by atoms with Crippen LogP contribution >= 0.6 is 15.9 Å². The number of aliphatic carboxylic acids is 1. The summed E-state index contributed by atoms with van der Waals surface area (Å²) < 4.78 is 36.4. The van der Waals surface area contributed by atoms with Crippen molar-refractivity contribution in [2.24, 2.45) is 0 Å². The fourth-order valence-electron chi connectivity index (χ4n) is 1.28. The van der Waals surface area contributed by atoms with Crippen LogP contribution in [0.5, 0.6) is 11.5 Å². The zero-order valence-corrected chi connectivity index (χ0v) is 12.5. The SMILES string of the molecule is COc1cc(S(=O)(=O)NCC(=O)O)c(OC)cc1Br. The Morgan fingerprint density at radius 2 is 1.89 bits per heavy atom. The molecule has 0 atom stereocenters. The summed E-state index contributed by atoms with van der Waals surface area (Å²) in [7, 11) is -1.31. The molecule has 0 aliphatic heterocycles. The third-order valence-electron chi connectivity index (χ3n) is 2.14. The van der Waals surface area contributed by atoms with Crippen molar-refractivity contribution < 1.29 is 27.8 Å². The molecule has 0 spiro atoms. The fourth-order valence-corrected chi connectivity index (χ4v) is 2.90. The van der Waals surface area contributed by atoms with Crippen molar-refractivity contribution in [3.05, 3.63) is 16.6 Å². The summed E-state index contributed by atoms with van der Waals surface area (Å²) in [5.74, 6) is -0.923. The van der Waals surface area contributed by atoms with E-state index < -0.39 is 22.5 Å². The minimum atomic E-state index is -4.00. The number of benzene rings is 1. The van der Waals surface area contributed by atoms with Gasteiger partial charge in [0.15, 0.2) is 0 Å². The van der Waals surface area contributed by atoms with Crippen molar-refractivity contribution in [2.75, 3.05) is 20.8 Å². The monoisotopic (exact) mass is 353 g/mol. The molecule has 106 valence electrons. The van der Waals surface area contributed by atoms with Gasteiger partial charge in [-0.1, -0.05) is 0 Å². The molecule has 0 unspecified atom stereocenters. The van der Waals surface area contributed by atoms with E-state index in [-0.39, 0.29) is 16.4 Å². The molecular formula is C10H12BrNO6S. The second kappa shape index (κ2) is 6.22. The fraction of sp³-hybridized carbons (Fsp3) is 0.300. The Balaban J connectivity index is 3.27. The van der Waals surface area contributed by atoms with E-state index in [9.17, 15) is 13.2 Å². The quantitative estimate of drug-likeness (QED) is 0.785. The first-order chi connectivity index (χ1) is 8.81. The van der Waals surface area contributed by atoms with Gasteiger partial charge in [0.2, 0.25) is 10.0 Å². The molecule has 0 heterocycles. The van der Waals surface area contributed by atoms with Crippen LogP contribution in [0.2, 0.25) is 0 Å². The first kappa shape index (κ1) is 15.7. The van der Waals surface area contributed by atoms with E-state index >= 15 is 0 Å². The van der Waals surface area contributed by atoms with Gasteiger partial charge in [-0.25, -0.2) is 8.42 Å². The molecule has 2 N–H and O–H groups in total. The van der Waals surface area contributed by atoms with Gasteiger partial charge in [0.1, 0.15) is 22.9 Å². The first-order valence-electron chi connectivity index (χ1n) is 4.94. The molecule has 0 radical (unpaired) electrons. The van der Waals surface area contributed by atoms with Crippen LogP contribution in [-0.2, 0) is 14.8 Å². The van der Waals surface area contributed by atoms with Crippen LogP contribution in [0.4, 0.5) is 0 Å². The van der Waals surface area contributed by atoms with Crippen LogP contribution in [-0.4, -0.2) is 40.3 Å². The Bertz CT molecular complexity index is 586. The summed E-state index contributed by atoms with van der Waals surface area (Å²) >= 11 is 3.20. The topological polar surface area (TPSA) is 102 Å². The largest absolute Gasteiger partial charge is 0.496 e. The third kappa shape index (κ3) is 3.82. The third-order valence-corrected chi connectivity index (χ3v) is 4.18. The van der Waals surface area contributed by atoms with E-state index in [1.54, 1.807) is 0 Å². The highest BCUT2D eigenvalue weighted by atomic mass is 79.9. The summed E-state index contributed by atoms with van der Waals surface area (Å²) in [5.41, 5.74) is 0. The second-order valence-corrected chi connectivity index (χ2v) is 5.95. The normalized spacial score (nSPS) is 11.1. The molecular weight excluding hydrogens is 342 g/mol. The van der Waals surface area contributed by atoms with Crippen molar-refractivity contribution in [1.82, 2.24) is 4.72 Å². The average molecular weight is 354 g/mol. The van der Waals surface area contributed by atoms with Crippen molar-refractivity contribution in [2.45, 2.75) is 4.90 Å². The molecule has 0 aromatic heterocycles. The summed E-state index contributed by atoms with van der Waals surface area (Å²) in [6, 6.07) is 2.67. The lowest BCUT2D eigenvalue weighted by molar-refractivity contribution is -0.135. The molecule has 7 nitrogen and oxygen atoms in total. The molecule has 0 aliphatic rings. The molecule has 1 aromatic rings. The second-order valence-electron chi connectivity index (χ2n) is 3.36. The molecule has 9 heteroatoms. The lowest BCUT2D eigenvalue weighted by atomic mass is 10.3. The number of sulfonamides is 1. The summed E-state index contributed by atoms with van der Waals surface area (Å²) in [6.07, 6.45) is 0. The molecule has 0 fully saturated rings. The van der Waals surface area contributed by atoms with Crippen LogP contribution < -0.4 is 14.2 Å². The predicted octanol–water partition coefficient (Wildman–Crippen LogP) is 0.829. The van der Waals surface area contributed by atoms with Gasteiger partial charge in [-0.05, 0) is 22.0 Å². The Morgan fingerprint density at radius 3 is 2.37 bits per heavy atom. The van der Waals surface area contributed by atoms with Gasteiger partial charge in [-0.2, -0.15) is 4.72 Å². The molecule has 0 saturated heterocycles. The smallest absolute Gasteiger partial charge is 0.318 e. The van der Waals surface area contributed by atoms with Gasteiger partial charge in [-0.3, -0.25) is 4.79 Å². The number of nitrogens with one attached hydrogen (secondary N) is 1. The minimum absolute atomic E-state index is 0.0746. The average Bonchev–Trinajstić information content (AvgIpc) is 2.35. The highest BCUT2D eigenvalue weighted by molar-refractivity contribution is 9.10. The zero-order valence-electron chi connectivity index (χ0n) is 10.1. The van der Waals surface area contributed by atoms with Crippen LogP contribution in [0.3, 0.4) is 0 Å². The van der Waals surface area contributed by atoms with Crippen LogP contribution in [0.25, 0.3) is 0 Å². The number of halogens is 1. The number of carboxylic acid groups (broad SMARTS) is 1. The van der Waals surface area contributed by atoms with Crippen LogP contribution in [0.15, 0.2) is 21.5 Å². The van der Waals surface area contributed by atoms with Gasteiger partial charge in [0.05, 0.1) is 18.7 Å². The van der Waals surface area contributed by atoms with Crippen molar-refractivity contribution in [3.8, 4) is 11.5 Å². The number of methoxy groups -OCH3 is 2. The number of hydrogen-bond acceptors (Lipinski definition) is 5. The molecule has 19 heavy (non-hydrogen) atoms. The number of rotatable bonds is 6. The number of ether oxygens (including phenoxy) is 2. The van der Waals surface area contributed by atoms with E-state index in [1.807, 2.05) is 4.72 Å². The Kier molecular flexibility index (Phi) is 5.15. The van der Waals surface area contributed by atoms with Gasteiger partial charge < -0.3 is 14.6 Å². The Hall–Kier alpha value is -1.32. The van der Waals surface area contributed by atoms with E-state index in [1.165, 1.54) is 26.4 Å². The van der Waals surface area contributed by atoms with E-state index in [0.717, 1.165) is 0 Å². The number of carboxylic acids is 1. The highest BCUT2D eigenvalue weighted by Gasteiger charge is 2.22. The predicted molar refractivity (Wildman–Crippen MR) is 70.1 cm³/mol. The van der Waals surface area contributed by atoms with Crippen molar-refractivity contribution in [1.29, 1.82) is 0 Å². The maximum absolute atomic E-state index is 12.0. The highest BCUT2D eigenvalue weighted by Crippen LogP contribution is 2.35. The molecule has 0 aliphatic carbocycles. The number of hydrogen-bond donors (Lipinski definition) is 2. The van der Waals surface area contributed by atoms with Gasteiger partial charge in [0.25, 0.3) is 0 Å². The van der Waals surface area contributed by atoms with Gasteiger partial charge in [-0.15, -0.1) is 0 Å². The molecule has 0 saturated carbocycles. The Morgan fingerprint density at radius 1 is 1.32 bits per heavy atom. The summed E-state index contributed by atoms with van der Waals surface area (Å²) in [5, 5.41) is 8.50. The van der Waals surface area contributed by atoms with E-state index in [0.29, 0.717) is 4.47 Å². The first-order valence-corrected chi connectivity index (χ1v) is 7.22. The van der Waals surface area contributed by atoms with Crippen LogP contribution in [0.1, 0.15) is 0 Å². The summed E-state index contributed by atoms with van der Waals surface area (Å²) in [6.45, 7) is -0.718. The zero-order chi connectivity index (χ0) is 14.6. The van der Waals surface area contributed by atoms with E-state index in [2.05, 4.69) is 15.9 Å². The standard InChI is InChI=1S/C10H12BrNO6S/c1-17-7-4-9(8(18-2)3-6(7)11)19(15,16)12-5-10(13)14/h3-4,12H,5H2,1-2H3,(H,13,14). The van der Waals surface area contributed by atoms with Crippen LogP contribution in [0, 0.1) is 0 Å². The van der Waals surface area contributed by atoms with Crippen molar-refractivity contribution >= 4 is 31.9 Å². The maximum atomic E-state index is 12.0. The molecule has 1 rings (SSSR count). The van der Waals surface area contributed by atoms with Gasteiger partial charge >= 0.3 is 5.97 Å². The van der Waals surface area contributed by atoms with E-state index in [4.69, 9.17) is 14.6 Å². The number of carbonyl (C=O) groups is 1. The maximum Gasteiger partial charge on any atom is 0.318 e. The molecule has 1 aromatic carbocycles. The lowest BCUT2D eigenvalue weighted by Crippen LogP contribution is -2.29. The van der Waals surface area contributed by atoms with Gasteiger partial charge in [0, 0.05) is 6.07 Å². The van der Waals surface area contributed by atoms with Crippen molar-refractivity contribution in [3.63, 3.8) is 0 Å².